The summed E-state index contributed by atoms with van der Waals surface area (Å²) in [5.41, 5.74) is 0.614. The third-order valence-corrected chi connectivity index (χ3v) is 5.26. The molecule has 2 atom stereocenters. The molecular weight excluding hydrogens is 466 g/mol. The Kier molecular flexibility index (Phi) is 12.9. The van der Waals surface area contributed by atoms with E-state index in [1.165, 1.54) is 12.0 Å². The van der Waals surface area contributed by atoms with Crippen LogP contribution in [0.1, 0.15) is 70.5 Å². The van der Waals surface area contributed by atoms with E-state index in [1.807, 2.05) is 13.0 Å². The summed E-state index contributed by atoms with van der Waals surface area (Å²) in [7, 11) is 1.21. The van der Waals surface area contributed by atoms with E-state index in [1.54, 1.807) is 39.0 Å². The molecule has 1 aromatic carbocycles. The van der Waals surface area contributed by atoms with Gasteiger partial charge in [0.15, 0.2) is 0 Å². The molecule has 0 bridgehead atoms. The second-order valence-corrected chi connectivity index (χ2v) is 9.58. The molecule has 3 N–H and O–H groups in total. The number of esters is 1. The molecule has 3 amide bonds. The highest BCUT2D eigenvalue weighted by Gasteiger charge is 2.36. The first kappa shape index (κ1) is 30.9. The first-order valence-corrected chi connectivity index (χ1v) is 12.2. The van der Waals surface area contributed by atoms with E-state index < -0.39 is 48.2 Å². The van der Waals surface area contributed by atoms with Crippen LogP contribution < -0.4 is 10.6 Å². The van der Waals surface area contributed by atoms with Crippen molar-refractivity contribution in [2.75, 3.05) is 26.8 Å². The number of aliphatic hydroxyl groups is 1. The highest BCUT2D eigenvalue weighted by Crippen LogP contribution is 2.24. The summed E-state index contributed by atoms with van der Waals surface area (Å²) in [4.78, 5) is 52.3. The quantitative estimate of drug-likeness (QED) is 0.276. The first-order chi connectivity index (χ1) is 16.9. The molecule has 36 heavy (non-hydrogen) atoms. The lowest BCUT2D eigenvalue weighted by Gasteiger charge is -2.34. The topological polar surface area (TPSA) is 134 Å². The van der Waals surface area contributed by atoms with Crippen molar-refractivity contribution in [1.82, 2.24) is 15.5 Å². The lowest BCUT2D eigenvalue weighted by atomic mass is 10.00. The van der Waals surface area contributed by atoms with Crippen LogP contribution in [-0.2, 0) is 23.9 Å². The van der Waals surface area contributed by atoms with Gasteiger partial charge in [-0.05, 0) is 39.7 Å². The lowest BCUT2D eigenvalue weighted by Crippen LogP contribution is -2.54. The summed E-state index contributed by atoms with van der Waals surface area (Å²) in [5.74, 6) is -1.85. The maximum absolute atomic E-state index is 13.7. The van der Waals surface area contributed by atoms with Gasteiger partial charge < -0.3 is 30.1 Å². The van der Waals surface area contributed by atoms with Gasteiger partial charge in [-0.1, -0.05) is 56.0 Å². The van der Waals surface area contributed by atoms with E-state index >= 15 is 0 Å². The molecule has 1 aromatic rings. The minimum atomic E-state index is -1.33. The van der Waals surface area contributed by atoms with Gasteiger partial charge in [-0.15, -0.1) is 0 Å². The third-order valence-electron chi connectivity index (χ3n) is 5.26. The summed E-state index contributed by atoms with van der Waals surface area (Å²) in [6, 6.07) is 4.71. The monoisotopic (exact) mass is 507 g/mol. The zero-order chi connectivity index (χ0) is 27.3. The van der Waals surface area contributed by atoms with Crippen molar-refractivity contribution in [2.45, 2.75) is 78.0 Å². The molecule has 0 aliphatic rings. The molecule has 0 spiro atoms. The van der Waals surface area contributed by atoms with Gasteiger partial charge in [0, 0.05) is 6.54 Å². The number of carbonyl (C=O) groups excluding carboxylic acids is 4. The Balaban J connectivity index is 3.37. The van der Waals surface area contributed by atoms with Crippen LogP contribution in [-0.4, -0.2) is 72.3 Å². The number of rotatable bonds is 13. The van der Waals surface area contributed by atoms with E-state index in [0.29, 0.717) is 12.0 Å². The van der Waals surface area contributed by atoms with Gasteiger partial charge in [-0.2, -0.15) is 0 Å². The maximum Gasteiger partial charge on any atom is 0.408 e. The van der Waals surface area contributed by atoms with E-state index in [2.05, 4.69) is 22.3 Å². The molecule has 10 heteroatoms. The number of ether oxygens (including phenoxy) is 2. The molecule has 0 saturated carbocycles. The Morgan fingerprint density at radius 2 is 1.81 bits per heavy atom. The second-order valence-electron chi connectivity index (χ2n) is 9.58. The summed E-state index contributed by atoms with van der Waals surface area (Å²) in [5, 5.41) is 14.9. The summed E-state index contributed by atoms with van der Waals surface area (Å²) >= 11 is 0. The molecule has 1 rings (SSSR count). The predicted molar refractivity (Wildman–Crippen MR) is 135 cm³/mol. The average molecular weight is 508 g/mol. The fraction of sp³-hybridized carbons (Fsp3) is 0.615. The Morgan fingerprint density at radius 3 is 2.36 bits per heavy atom. The van der Waals surface area contributed by atoms with Gasteiger partial charge in [0.1, 0.15) is 24.2 Å². The number of benzene rings is 1. The van der Waals surface area contributed by atoms with Crippen molar-refractivity contribution < 1.29 is 33.8 Å². The minimum Gasteiger partial charge on any atom is -0.468 e. The number of hydrogen-bond donors (Lipinski definition) is 3. The molecule has 0 heterocycles. The van der Waals surface area contributed by atoms with E-state index in [9.17, 15) is 24.3 Å². The fourth-order valence-electron chi connectivity index (χ4n) is 3.55. The van der Waals surface area contributed by atoms with E-state index in [-0.39, 0.29) is 13.1 Å². The second kappa shape index (κ2) is 15.1. The first-order valence-electron chi connectivity index (χ1n) is 12.2. The van der Waals surface area contributed by atoms with Crippen molar-refractivity contribution in [1.29, 1.82) is 0 Å². The molecule has 0 saturated heterocycles. The maximum atomic E-state index is 13.7. The number of unbranched alkanes of at least 4 members (excludes halogenated alkanes) is 3. The smallest absolute Gasteiger partial charge is 0.408 e. The number of alkyl carbamates (subject to hydrolysis) is 1. The van der Waals surface area contributed by atoms with Gasteiger partial charge in [-0.3, -0.25) is 14.4 Å². The van der Waals surface area contributed by atoms with Gasteiger partial charge in [-0.25, -0.2) is 4.79 Å². The molecule has 0 fully saturated rings. The number of aliphatic hydroxyl groups excluding tert-OH is 1. The standard InChI is InChI=1S/C26H41N3O7/c1-7-8-9-10-14-29(24(33)20(17-30)28-25(34)36-26(3,4)5)22(19-13-11-12-18(2)15-19)23(32)27-16-21(31)35-6/h11-13,15,20,22,30H,7-10,14,16-17H2,1-6H3,(H,27,32)(H,28,34). The fourth-order valence-corrected chi connectivity index (χ4v) is 3.55. The molecular formula is C26H41N3O7. The Hall–Kier alpha value is -3.14. The van der Waals surface area contributed by atoms with Crippen LogP contribution >= 0.6 is 0 Å². The number of methoxy groups -OCH3 is 1. The van der Waals surface area contributed by atoms with Crippen LogP contribution in [0.4, 0.5) is 4.79 Å². The zero-order valence-electron chi connectivity index (χ0n) is 22.3. The highest BCUT2D eigenvalue weighted by molar-refractivity contribution is 5.93. The van der Waals surface area contributed by atoms with Gasteiger partial charge in [0.05, 0.1) is 13.7 Å². The van der Waals surface area contributed by atoms with Crippen LogP contribution in [0.25, 0.3) is 0 Å². The minimum absolute atomic E-state index is 0.204. The Bertz CT molecular complexity index is 883. The van der Waals surface area contributed by atoms with Crippen molar-refractivity contribution in [2.24, 2.45) is 0 Å². The normalized spacial score (nSPS) is 12.8. The summed E-state index contributed by atoms with van der Waals surface area (Å²) in [6.45, 7) is 8.12. The summed E-state index contributed by atoms with van der Waals surface area (Å²) < 4.78 is 9.85. The number of amides is 3. The number of nitrogens with zero attached hydrogens (tertiary/aromatic N) is 1. The van der Waals surface area contributed by atoms with E-state index in [0.717, 1.165) is 24.8 Å². The van der Waals surface area contributed by atoms with Gasteiger partial charge in [0.2, 0.25) is 11.8 Å². The van der Waals surface area contributed by atoms with E-state index in [4.69, 9.17) is 4.74 Å². The van der Waals surface area contributed by atoms with Crippen LogP contribution in [0.15, 0.2) is 24.3 Å². The van der Waals surface area contributed by atoms with Crippen molar-refractivity contribution in [3.63, 3.8) is 0 Å². The largest absolute Gasteiger partial charge is 0.468 e. The average Bonchev–Trinajstić information content (AvgIpc) is 2.81. The van der Waals surface area contributed by atoms with Gasteiger partial charge in [0.25, 0.3) is 0 Å². The van der Waals surface area contributed by atoms with Crippen molar-refractivity contribution in [3.05, 3.63) is 35.4 Å². The molecule has 2 unspecified atom stereocenters. The number of carbonyl (C=O) groups is 4. The lowest BCUT2D eigenvalue weighted by molar-refractivity contribution is -0.145. The third kappa shape index (κ3) is 10.6. The molecule has 0 aliphatic heterocycles. The summed E-state index contributed by atoms with van der Waals surface area (Å²) in [6.07, 6.45) is 2.51. The Morgan fingerprint density at radius 1 is 1.11 bits per heavy atom. The highest BCUT2D eigenvalue weighted by atomic mass is 16.6. The number of hydrogen-bond acceptors (Lipinski definition) is 7. The zero-order valence-corrected chi connectivity index (χ0v) is 22.3. The SMILES string of the molecule is CCCCCCN(C(=O)C(CO)NC(=O)OC(C)(C)C)C(C(=O)NCC(=O)OC)c1cccc(C)c1. The molecule has 0 aromatic heterocycles. The molecule has 0 radical (unpaired) electrons. The Labute approximate surface area is 213 Å². The number of nitrogens with one attached hydrogen (secondary N) is 2. The van der Waals surface area contributed by atoms with Crippen LogP contribution in [0.2, 0.25) is 0 Å². The van der Waals surface area contributed by atoms with Crippen LogP contribution in [0, 0.1) is 6.92 Å². The van der Waals surface area contributed by atoms with Crippen LogP contribution in [0.3, 0.4) is 0 Å². The number of aryl methyl sites for hydroxylation is 1. The molecule has 0 aliphatic carbocycles. The predicted octanol–water partition coefficient (Wildman–Crippen LogP) is 2.62. The van der Waals surface area contributed by atoms with Gasteiger partial charge >= 0.3 is 12.1 Å². The van der Waals surface area contributed by atoms with Crippen LogP contribution in [0.5, 0.6) is 0 Å². The van der Waals surface area contributed by atoms with Crippen molar-refractivity contribution >= 4 is 23.9 Å². The molecule has 10 nitrogen and oxygen atoms in total. The molecule has 202 valence electrons. The van der Waals surface area contributed by atoms with Crippen molar-refractivity contribution in [3.8, 4) is 0 Å².